The molecule has 0 saturated carbocycles. The molecule has 1 unspecified atom stereocenters. The van der Waals surface area contributed by atoms with Crippen LogP contribution in [-0.4, -0.2) is 38.8 Å². The lowest BCUT2D eigenvalue weighted by Gasteiger charge is -2.18. The number of pyridine rings is 1. The molecule has 120 valence electrons. The number of rotatable bonds is 6. The Balaban J connectivity index is 2.08. The van der Waals surface area contributed by atoms with Gasteiger partial charge in [0, 0.05) is 5.39 Å². The van der Waals surface area contributed by atoms with E-state index in [1.165, 1.54) is 0 Å². The van der Waals surface area contributed by atoms with Crippen LogP contribution in [0.1, 0.15) is 19.4 Å². The molecule has 1 aromatic carbocycles. The topological polar surface area (TPSA) is 103 Å². The first-order valence-electron chi connectivity index (χ1n) is 7.42. The van der Waals surface area contributed by atoms with E-state index in [0.717, 1.165) is 22.8 Å². The van der Waals surface area contributed by atoms with Crippen LogP contribution < -0.4 is 5.73 Å². The quantitative estimate of drug-likeness (QED) is 0.723. The largest absolute Gasteiger partial charge is 0.480 e. The molecule has 0 spiro atoms. The van der Waals surface area contributed by atoms with Gasteiger partial charge in [-0.3, -0.25) is 0 Å². The number of hydrogen-bond donors (Lipinski definition) is 2. The van der Waals surface area contributed by atoms with Crippen LogP contribution in [-0.2, 0) is 9.53 Å². The van der Waals surface area contributed by atoms with E-state index in [4.69, 9.17) is 15.6 Å². The number of anilines is 1. The van der Waals surface area contributed by atoms with Crippen LogP contribution in [0.4, 0.5) is 5.82 Å². The standard InChI is InChI=1S/C16H18N4O3/c1-2-10(7-23-8-13(21)22)20-9-18-14-15(20)11-5-3-4-6-12(11)19-16(14)17/h3-6,9-10H,2,7-8H2,1H3,(H2,17,19)(H,21,22). The number of imidazole rings is 1. The van der Waals surface area contributed by atoms with E-state index in [1.54, 1.807) is 6.33 Å². The van der Waals surface area contributed by atoms with Crippen molar-refractivity contribution in [2.24, 2.45) is 0 Å². The van der Waals surface area contributed by atoms with Crippen LogP contribution in [0.2, 0.25) is 0 Å². The third-order valence-corrected chi connectivity index (χ3v) is 3.84. The Bertz CT molecular complexity index is 859. The van der Waals surface area contributed by atoms with Gasteiger partial charge in [0.25, 0.3) is 0 Å². The van der Waals surface area contributed by atoms with Crippen molar-refractivity contribution in [3.63, 3.8) is 0 Å². The first kappa shape index (κ1) is 15.2. The number of hydrogen-bond acceptors (Lipinski definition) is 5. The van der Waals surface area contributed by atoms with Crippen LogP contribution in [0.5, 0.6) is 0 Å². The third kappa shape index (κ3) is 2.83. The molecule has 3 rings (SSSR count). The number of nitrogens with zero attached hydrogens (tertiary/aromatic N) is 3. The van der Waals surface area contributed by atoms with Crippen molar-refractivity contribution in [2.75, 3.05) is 18.9 Å². The summed E-state index contributed by atoms with van der Waals surface area (Å²) in [5.74, 6) is -0.590. The molecule has 2 aromatic heterocycles. The molecule has 1 atom stereocenters. The number of ether oxygens (including phenoxy) is 1. The van der Waals surface area contributed by atoms with Gasteiger partial charge < -0.3 is 20.1 Å². The van der Waals surface area contributed by atoms with Gasteiger partial charge in [-0.2, -0.15) is 0 Å². The summed E-state index contributed by atoms with van der Waals surface area (Å²) in [5, 5.41) is 9.67. The van der Waals surface area contributed by atoms with Crippen molar-refractivity contribution in [2.45, 2.75) is 19.4 Å². The summed E-state index contributed by atoms with van der Waals surface area (Å²) in [5.41, 5.74) is 8.38. The van der Waals surface area contributed by atoms with E-state index in [0.29, 0.717) is 17.9 Å². The molecule has 0 saturated heterocycles. The predicted octanol–water partition coefficient (Wildman–Crippen LogP) is 2.22. The van der Waals surface area contributed by atoms with Crippen LogP contribution in [0.15, 0.2) is 30.6 Å². The number of nitrogen functional groups attached to an aromatic ring is 1. The van der Waals surface area contributed by atoms with Gasteiger partial charge in [0.2, 0.25) is 0 Å². The van der Waals surface area contributed by atoms with Crippen LogP contribution in [0.25, 0.3) is 21.9 Å². The lowest BCUT2D eigenvalue weighted by molar-refractivity contribution is -0.142. The molecule has 0 radical (unpaired) electrons. The average molecular weight is 314 g/mol. The monoisotopic (exact) mass is 314 g/mol. The summed E-state index contributed by atoms with van der Waals surface area (Å²) in [6, 6.07) is 7.72. The molecule has 0 aliphatic carbocycles. The number of fused-ring (bicyclic) bond motifs is 3. The molecule has 3 N–H and O–H groups in total. The highest BCUT2D eigenvalue weighted by Crippen LogP contribution is 2.29. The number of aliphatic carboxylic acids is 1. The molecule has 7 nitrogen and oxygen atoms in total. The summed E-state index contributed by atoms with van der Waals surface area (Å²) < 4.78 is 7.27. The number of para-hydroxylation sites is 1. The zero-order valence-electron chi connectivity index (χ0n) is 12.8. The minimum Gasteiger partial charge on any atom is -0.480 e. The zero-order valence-corrected chi connectivity index (χ0v) is 12.8. The van der Waals surface area contributed by atoms with Crippen molar-refractivity contribution in [3.8, 4) is 0 Å². The fourth-order valence-corrected chi connectivity index (χ4v) is 2.72. The first-order chi connectivity index (χ1) is 11.1. The number of benzene rings is 1. The Kier molecular flexibility index (Phi) is 4.12. The maximum atomic E-state index is 10.6. The molecule has 0 aliphatic heterocycles. The summed E-state index contributed by atoms with van der Waals surface area (Å²) in [6.07, 6.45) is 2.50. The molecule has 2 heterocycles. The summed E-state index contributed by atoms with van der Waals surface area (Å²) >= 11 is 0. The highest BCUT2D eigenvalue weighted by molar-refractivity contribution is 6.06. The highest BCUT2D eigenvalue weighted by atomic mass is 16.5. The molecular weight excluding hydrogens is 296 g/mol. The van der Waals surface area contributed by atoms with E-state index >= 15 is 0 Å². The van der Waals surface area contributed by atoms with Gasteiger partial charge in [-0.25, -0.2) is 14.8 Å². The number of carboxylic acid groups (broad SMARTS) is 1. The molecular formula is C16H18N4O3. The van der Waals surface area contributed by atoms with E-state index in [2.05, 4.69) is 9.97 Å². The van der Waals surface area contributed by atoms with E-state index in [-0.39, 0.29) is 12.6 Å². The molecule has 3 aromatic rings. The lowest BCUT2D eigenvalue weighted by atomic mass is 10.1. The Morgan fingerprint density at radius 2 is 2.22 bits per heavy atom. The molecule has 0 bridgehead atoms. The Hall–Kier alpha value is -2.67. The molecule has 0 aliphatic rings. The van der Waals surface area contributed by atoms with Gasteiger partial charge in [0.15, 0.2) is 5.82 Å². The Morgan fingerprint density at radius 1 is 1.43 bits per heavy atom. The van der Waals surface area contributed by atoms with Crippen molar-refractivity contribution in [3.05, 3.63) is 30.6 Å². The number of aromatic nitrogens is 3. The Labute approximate surface area is 132 Å². The molecule has 23 heavy (non-hydrogen) atoms. The van der Waals surface area contributed by atoms with Gasteiger partial charge in [-0.05, 0) is 12.5 Å². The highest BCUT2D eigenvalue weighted by Gasteiger charge is 2.17. The zero-order chi connectivity index (χ0) is 16.4. The van der Waals surface area contributed by atoms with E-state index < -0.39 is 5.97 Å². The van der Waals surface area contributed by atoms with Crippen molar-refractivity contribution < 1.29 is 14.6 Å². The van der Waals surface area contributed by atoms with Gasteiger partial charge in [0.1, 0.15) is 12.1 Å². The summed E-state index contributed by atoms with van der Waals surface area (Å²) in [6.45, 7) is 2.01. The SMILES string of the molecule is CCC(COCC(=O)O)n1cnc2c(N)nc3ccccc3c21. The first-order valence-corrected chi connectivity index (χ1v) is 7.42. The smallest absolute Gasteiger partial charge is 0.329 e. The summed E-state index contributed by atoms with van der Waals surface area (Å²) in [4.78, 5) is 19.4. The van der Waals surface area contributed by atoms with Crippen molar-refractivity contribution in [1.82, 2.24) is 14.5 Å². The minimum atomic E-state index is -0.978. The van der Waals surface area contributed by atoms with Gasteiger partial charge in [-0.15, -0.1) is 0 Å². The normalized spacial score (nSPS) is 12.7. The average Bonchev–Trinajstić information content (AvgIpc) is 2.97. The van der Waals surface area contributed by atoms with Crippen molar-refractivity contribution >= 4 is 33.7 Å². The molecule has 0 amide bonds. The fourth-order valence-electron chi connectivity index (χ4n) is 2.72. The number of nitrogens with two attached hydrogens (primary N) is 1. The lowest BCUT2D eigenvalue weighted by Crippen LogP contribution is -2.17. The molecule has 7 heteroatoms. The maximum Gasteiger partial charge on any atom is 0.329 e. The number of carboxylic acids is 1. The third-order valence-electron chi connectivity index (χ3n) is 3.84. The van der Waals surface area contributed by atoms with Gasteiger partial charge >= 0.3 is 5.97 Å². The predicted molar refractivity (Wildman–Crippen MR) is 87.2 cm³/mol. The van der Waals surface area contributed by atoms with Gasteiger partial charge in [-0.1, -0.05) is 25.1 Å². The number of carbonyl (C=O) groups is 1. The van der Waals surface area contributed by atoms with E-state index in [9.17, 15) is 4.79 Å². The van der Waals surface area contributed by atoms with Crippen LogP contribution >= 0.6 is 0 Å². The maximum absolute atomic E-state index is 10.6. The van der Waals surface area contributed by atoms with Gasteiger partial charge in [0.05, 0.1) is 30.0 Å². The van der Waals surface area contributed by atoms with Crippen LogP contribution in [0.3, 0.4) is 0 Å². The second-order valence-corrected chi connectivity index (χ2v) is 5.33. The summed E-state index contributed by atoms with van der Waals surface area (Å²) in [7, 11) is 0. The van der Waals surface area contributed by atoms with Crippen molar-refractivity contribution in [1.29, 1.82) is 0 Å². The fraction of sp³-hybridized carbons (Fsp3) is 0.312. The second-order valence-electron chi connectivity index (χ2n) is 5.33. The Morgan fingerprint density at radius 3 is 2.96 bits per heavy atom. The molecule has 0 fully saturated rings. The van der Waals surface area contributed by atoms with Crippen LogP contribution in [0, 0.1) is 0 Å². The van der Waals surface area contributed by atoms with E-state index in [1.807, 2.05) is 35.8 Å². The second kappa shape index (κ2) is 6.21. The minimum absolute atomic E-state index is 0.0236.